The van der Waals surface area contributed by atoms with E-state index in [1.165, 1.54) is 10.5 Å². The van der Waals surface area contributed by atoms with E-state index in [1.54, 1.807) is 0 Å². The molecule has 1 saturated heterocycles. The van der Waals surface area contributed by atoms with Gasteiger partial charge in [0, 0.05) is 12.1 Å². The standard InChI is InChI=1S/C21H28N4O/c1-18(10-11-19-7-3-2-4-8-19)23-21(26)17-24-13-15-25(16-14-24)20-9-5-6-12-22-20/h2-9,12,18H,10-11,13-17H2,1H3,(H,23,26)/p+2/t18-/m1/s1. The second kappa shape index (κ2) is 9.34. The number of piperazine rings is 1. The molecule has 1 aliphatic heterocycles. The number of hydrogen-bond donors (Lipinski definition) is 2. The van der Waals surface area contributed by atoms with Crippen molar-refractivity contribution in [2.75, 3.05) is 37.6 Å². The Labute approximate surface area is 156 Å². The third kappa shape index (κ3) is 5.56. The molecule has 1 atom stereocenters. The molecule has 0 unspecified atom stereocenters. The van der Waals surface area contributed by atoms with Gasteiger partial charge in [-0.2, -0.15) is 0 Å². The number of H-pyrrole nitrogens is 1. The first kappa shape index (κ1) is 18.4. The van der Waals surface area contributed by atoms with Crippen molar-refractivity contribution in [3.05, 3.63) is 60.3 Å². The van der Waals surface area contributed by atoms with Gasteiger partial charge in [0.15, 0.2) is 6.54 Å². The topological polar surface area (TPSA) is 50.9 Å². The Morgan fingerprint density at radius 2 is 1.88 bits per heavy atom. The van der Waals surface area contributed by atoms with Crippen LogP contribution in [0.1, 0.15) is 18.9 Å². The number of nitrogens with one attached hydrogen (secondary N) is 3. The summed E-state index contributed by atoms with van der Waals surface area (Å²) in [4.78, 5) is 19.3. The van der Waals surface area contributed by atoms with Crippen LogP contribution in [0.5, 0.6) is 0 Å². The summed E-state index contributed by atoms with van der Waals surface area (Å²) in [6.45, 7) is 6.61. The number of aromatic nitrogens is 1. The zero-order valence-electron chi connectivity index (χ0n) is 15.6. The number of aromatic amines is 1. The summed E-state index contributed by atoms with van der Waals surface area (Å²) >= 11 is 0. The maximum atomic E-state index is 12.3. The summed E-state index contributed by atoms with van der Waals surface area (Å²) in [6.07, 6.45) is 3.93. The van der Waals surface area contributed by atoms with E-state index in [2.05, 4.69) is 58.5 Å². The van der Waals surface area contributed by atoms with Gasteiger partial charge in [0.25, 0.3) is 11.7 Å². The van der Waals surface area contributed by atoms with Gasteiger partial charge in [0.2, 0.25) is 0 Å². The van der Waals surface area contributed by atoms with Gasteiger partial charge >= 0.3 is 0 Å². The highest BCUT2D eigenvalue weighted by molar-refractivity contribution is 5.77. The van der Waals surface area contributed by atoms with E-state index < -0.39 is 0 Å². The van der Waals surface area contributed by atoms with E-state index in [4.69, 9.17) is 0 Å². The Bertz CT molecular complexity index is 669. The van der Waals surface area contributed by atoms with Crippen LogP contribution < -0.4 is 20.1 Å². The molecule has 2 heterocycles. The monoisotopic (exact) mass is 354 g/mol. The summed E-state index contributed by atoms with van der Waals surface area (Å²) in [5.41, 5.74) is 1.33. The highest BCUT2D eigenvalue weighted by Crippen LogP contribution is 2.05. The van der Waals surface area contributed by atoms with Crippen LogP contribution >= 0.6 is 0 Å². The number of quaternary nitrogens is 1. The van der Waals surface area contributed by atoms with E-state index in [-0.39, 0.29) is 11.9 Å². The molecule has 0 bridgehead atoms. The molecule has 2 aromatic rings. The summed E-state index contributed by atoms with van der Waals surface area (Å²) in [5.74, 6) is 1.32. The van der Waals surface area contributed by atoms with E-state index in [0.29, 0.717) is 6.54 Å². The summed E-state index contributed by atoms with van der Waals surface area (Å²) < 4.78 is 0. The smallest absolute Gasteiger partial charge is 0.275 e. The first-order valence-corrected chi connectivity index (χ1v) is 9.59. The van der Waals surface area contributed by atoms with E-state index in [1.807, 2.05) is 18.3 Å². The summed E-state index contributed by atoms with van der Waals surface area (Å²) in [7, 11) is 0. The lowest BCUT2D eigenvalue weighted by Crippen LogP contribution is -3.16. The van der Waals surface area contributed by atoms with Gasteiger partial charge in [-0.05, 0) is 31.4 Å². The number of rotatable bonds is 7. The van der Waals surface area contributed by atoms with Crippen LogP contribution in [0.3, 0.4) is 0 Å². The van der Waals surface area contributed by atoms with Crippen molar-refractivity contribution < 1.29 is 14.7 Å². The van der Waals surface area contributed by atoms with E-state index in [0.717, 1.165) is 44.8 Å². The quantitative estimate of drug-likeness (QED) is 0.754. The molecule has 1 aromatic carbocycles. The first-order chi connectivity index (χ1) is 12.7. The molecular formula is C21H30N4O+2. The molecule has 1 fully saturated rings. The maximum Gasteiger partial charge on any atom is 0.275 e. The first-order valence-electron chi connectivity index (χ1n) is 9.59. The predicted octanol–water partition coefficient (Wildman–Crippen LogP) is 0.343. The minimum Gasteiger partial charge on any atom is -0.349 e. The van der Waals surface area contributed by atoms with Gasteiger partial charge < -0.3 is 10.2 Å². The summed E-state index contributed by atoms with van der Waals surface area (Å²) in [6, 6.07) is 16.8. The van der Waals surface area contributed by atoms with Crippen LogP contribution in [0.2, 0.25) is 0 Å². The molecule has 5 nitrogen and oxygen atoms in total. The molecule has 0 saturated carbocycles. The maximum absolute atomic E-state index is 12.3. The molecule has 26 heavy (non-hydrogen) atoms. The van der Waals surface area contributed by atoms with Gasteiger partial charge in [0.05, 0.1) is 6.20 Å². The minimum atomic E-state index is 0.167. The lowest BCUT2D eigenvalue weighted by Gasteiger charge is -2.28. The van der Waals surface area contributed by atoms with Crippen molar-refractivity contribution >= 4 is 11.7 Å². The lowest BCUT2D eigenvalue weighted by molar-refractivity contribution is -0.892. The number of hydrogen-bond acceptors (Lipinski definition) is 2. The Hall–Kier alpha value is -2.40. The number of carbonyl (C=O) groups is 1. The Morgan fingerprint density at radius 3 is 2.58 bits per heavy atom. The number of benzene rings is 1. The fourth-order valence-electron chi connectivity index (χ4n) is 3.47. The third-order valence-electron chi connectivity index (χ3n) is 5.03. The van der Waals surface area contributed by atoms with Gasteiger partial charge in [-0.1, -0.05) is 36.4 Å². The van der Waals surface area contributed by atoms with E-state index >= 15 is 0 Å². The van der Waals surface area contributed by atoms with Crippen LogP contribution in [0, 0.1) is 0 Å². The molecular weight excluding hydrogens is 324 g/mol. The number of carbonyl (C=O) groups excluding carboxylic acids is 1. The van der Waals surface area contributed by atoms with Crippen LogP contribution in [-0.2, 0) is 11.2 Å². The van der Waals surface area contributed by atoms with Gasteiger partial charge in [-0.25, -0.2) is 4.98 Å². The van der Waals surface area contributed by atoms with Crippen LogP contribution in [0.15, 0.2) is 54.7 Å². The average Bonchev–Trinajstić information content (AvgIpc) is 2.68. The Morgan fingerprint density at radius 1 is 1.15 bits per heavy atom. The third-order valence-corrected chi connectivity index (χ3v) is 5.03. The molecule has 1 aliphatic rings. The van der Waals surface area contributed by atoms with Crippen molar-refractivity contribution in [2.45, 2.75) is 25.8 Å². The van der Waals surface area contributed by atoms with Crippen molar-refractivity contribution in [1.29, 1.82) is 0 Å². The van der Waals surface area contributed by atoms with Crippen LogP contribution in [0.4, 0.5) is 5.82 Å². The largest absolute Gasteiger partial charge is 0.349 e. The molecule has 1 aromatic heterocycles. The minimum absolute atomic E-state index is 0.167. The molecule has 5 heteroatoms. The average molecular weight is 354 g/mol. The SMILES string of the molecule is C[C@H](CCc1ccccc1)NC(=O)C[NH+]1CCN(c2cccc[nH+]2)CC1. The number of pyridine rings is 1. The molecule has 0 radical (unpaired) electrons. The highest BCUT2D eigenvalue weighted by atomic mass is 16.2. The van der Waals surface area contributed by atoms with Gasteiger partial charge in [-0.3, -0.25) is 9.69 Å². The molecule has 138 valence electrons. The van der Waals surface area contributed by atoms with Crippen molar-refractivity contribution in [1.82, 2.24) is 5.32 Å². The normalized spacial score (nSPS) is 16.3. The molecule has 0 aliphatic carbocycles. The number of amides is 1. The van der Waals surface area contributed by atoms with Crippen molar-refractivity contribution in [2.24, 2.45) is 0 Å². The second-order valence-electron chi connectivity index (χ2n) is 7.15. The molecule has 1 amide bonds. The molecule has 0 spiro atoms. The second-order valence-corrected chi connectivity index (χ2v) is 7.15. The zero-order chi connectivity index (χ0) is 18.2. The van der Waals surface area contributed by atoms with Gasteiger partial charge in [-0.15, -0.1) is 0 Å². The zero-order valence-corrected chi connectivity index (χ0v) is 15.6. The highest BCUT2D eigenvalue weighted by Gasteiger charge is 2.27. The van der Waals surface area contributed by atoms with Crippen molar-refractivity contribution in [3.8, 4) is 0 Å². The lowest BCUT2D eigenvalue weighted by atomic mass is 10.1. The van der Waals surface area contributed by atoms with Crippen LogP contribution in [0.25, 0.3) is 0 Å². The predicted molar refractivity (Wildman–Crippen MR) is 103 cm³/mol. The number of nitrogens with zero attached hydrogens (tertiary/aromatic N) is 1. The number of anilines is 1. The van der Waals surface area contributed by atoms with Crippen molar-refractivity contribution in [3.63, 3.8) is 0 Å². The fourth-order valence-corrected chi connectivity index (χ4v) is 3.47. The summed E-state index contributed by atoms with van der Waals surface area (Å²) in [5, 5.41) is 3.16. The fraction of sp³-hybridized carbons (Fsp3) is 0.429. The molecule has 3 N–H and O–H groups in total. The Balaban J connectivity index is 1.36. The molecule has 3 rings (SSSR count). The van der Waals surface area contributed by atoms with Gasteiger partial charge in [0.1, 0.15) is 26.2 Å². The van der Waals surface area contributed by atoms with E-state index in [9.17, 15) is 4.79 Å². The Kier molecular flexibility index (Phi) is 6.61. The van der Waals surface area contributed by atoms with Crippen LogP contribution in [-0.4, -0.2) is 44.7 Å². The number of aryl methyl sites for hydroxylation is 1.